The molecule has 9 nitrogen and oxygen atoms in total. The van der Waals surface area contributed by atoms with Crippen LogP contribution in [0.2, 0.25) is 0 Å². The number of aliphatic hydroxyl groups is 1. The van der Waals surface area contributed by atoms with Crippen LogP contribution in [-0.4, -0.2) is 52.6 Å². The summed E-state index contributed by atoms with van der Waals surface area (Å²) < 4.78 is 9.35. The number of aliphatic hydroxyl groups excluding tert-OH is 1. The number of ether oxygens (including phenoxy) is 1. The summed E-state index contributed by atoms with van der Waals surface area (Å²) in [5.41, 5.74) is 0. The van der Waals surface area contributed by atoms with Gasteiger partial charge in [-0.2, -0.15) is 0 Å². The molecule has 0 aliphatic carbocycles. The Bertz CT molecular complexity index is 553. The first-order valence-corrected chi connectivity index (χ1v) is 5.75. The molecule has 0 bridgehead atoms. The molecule has 0 saturated carbocycles. The topological polar surface area (TPSA) is 123 Å². The number of rotatable bonds is 3. The van der Waals surface area contributed by atoms with Crippen molar-refractivity contribution in [2.24, 2.45) is 0 Å². The van der Waals surface area contributed by atoms with E-state index < -0.39 is 34.8 Å². The van der Waals surface area contributed by atoms with Gasteiger partial charge in [-0.15, -0.1) is 0 Å². The molecule has 1 aromatic rings. The van der Waals surface area contributed by atoms with Crippen LogP contribution in [0, 0.1) is 10.1 Å². The Morgan fingerprint density at radius 2 is 2.25 bits per heavy atom. The second-order valence-corrected chi connectivity index (χ2v) is 4.28. The van der Waals surface area contributed by atoms with Gasteiger partial charge in [-0.05, 0) is 6.07 Å². The zero-order valence-electron chi connectivity index (χ0n) is 10.5. The van der Waals surface area contributed by atoms with E-state index in [9.17, 15) is 24.8 Å². The zero-order valence-corrected chi connectivity index (χ0v) is 10.5. The normalized spacial score (nSPS) is 21.8. The Hall–Kier alpha value is -2.42. The van der Waals surface area contributed by atoms with Crippen LogP contribution < -0.4 is 0 Å². The van der Waals surface area contributed by atoms with E-state index in [1.807, 2.05) is 0 Å². The standard InChI is InChI=1S/C11H12N2O7/c1-19-11(16)7-4-6(14)5-12(7)10(15)8-2-3-9(20-8)13(17)18/h2-3,6-7,14H,4-5H2,1H3. The van der Waals surface area contributed by atoms with Crippen molar-refractivity contribution in [2.75, 3.05) is 13.7 Å². The predicted octanol–water partition coefficient (Wildman–Crippen LogP) is -0.0638. The summed E-state index contributed by atoms with van der Waals surface area (Å²) in [5.74, 6) is -2.19. The Kier molecular flexibility index (Phi) is 3.70. The van der Waals surface area contributed by atoms with Gasteiger partial charge in [-0.3, -0.25) is 14.9 Å². The number of carbonyl (C=O) groups excluding carboxylic acids is 2. The van der Waals surface area contributed by atoms with Crippen molar-refractivity contribution in [2.45, 2.75) is 18.6 Å². The summed E-state index contributed by atoms with van der Waals surface area (Å²) in [6.45, 7) is -0.0624. The molecule has 1 saturated heterocycles. The number of hydrogen-bond acceptors (Lipinski definition) is 7. The van der Waals surface area contributed by atoms with Crippen molar-refractivity contribution in [3.05, 3.63) is 28.0 Å². The number of hydrogen-bond donors (Lipinski definition) is 1. The summed E-state index contributed by atoms with van der Waals surface area (Å²) >= 11 is 0. The summed E-state index contributed by atoms with van der Waals surface area (Å²) in [6.07, 6.45) is -0.797. The third kappa shape index (κ3) is 2.48. The van der Waals surface area contributed by atoms with Gasteiger partial charge in [0.2, 0.25) is 0 Å². The molecule has 1 amide bonds. The molecular formula is C11H12N2O7. The minimum atomic E-state index is -0.924. The maximum atomic E-state index is 12.1. The number of nitrogens with zero attached hydrogens (tertiary/aromatic N) is 2. The summed E-state index contributed by atoms with van der Waals surface area (Å²) in [5, 5.41) is 20.1. The lowest BCUT2D eigenvalue weighted by molar-refractivity contribution is -0.402. The van der Waals surface area contributed by atoms with Crippen molar-refractivity contribution >= 4 is 17.8 Å². The van der Waals surface area contributed by atoms with Crippen LogP contribution in [0.25, 0.3) is 0 Å². The van der Waals surface area contributed by atoms with Crippen molar-refractivity contribution < 1.29 is 28.8 Å². The summed E-state index contributed by atoms with van der Waals surface area (Å²) in [7, 11) is 1.17. The SMILES string of the molecule is COC(=O)C1CC(O)CN1C(=O)c1ccc([N+](=O)[O-])o1. The van der Waals surface area contributed by atoms with Gasteiger partial charge in [0, 0.05) is 13.0 Å². The lowest BCUT2D eigenvalue weighted by Crippen LogP contribution is -2.41. The van der Waals surface area contributed by atoms with Gasteiger partial charge in [0.1, 0.15) is 11.0 Å². The molecule has 2 atom stereocenters. The molecule has 0 spiro atoms. The van der Waals surface area contributed by atoms with E-state index in [0.29, 0.717) is 0 Å². The average Bonchev–Trinajstić information content (AvgIpc) is 3.03. The molecule has 2 heterocycles. The van der Waals surface area contributed by atoms with Crippen LogP contribution in [0.3, 0.4) is 0 Å². The predicted molar refractivity (Wildman–Crippen MR) is 62.8 cm³/mol. The van der Waals surface area contributed by atoms with Crippen molar-refractivity contribution in [3.8, 4) is 0 Å². The maximum Gasteiger partial charge on any atom is 0.433 e. The average molecular weight is 284 g/mol. The number of likely N-dealkylation sites (tertiary alicyclic amines) is 1. The fraction of sp³-hybridized carbons (Fsp3) is 0.455. The minimum absolute atomic E-state index is 0.0568. The van der Waals surface area contributed by atoms with Crippen LogP contribution in [0.1, 0.15) is 17.0 Å². The van der Waals surface area contributed by atoms with E-state index in [-0.39, 0.29) is 18.7 Å². The largest absolute Gasteiger partial charge is 0.467 e. The quantitative estimate of drug-likeness (QED) is 0.468. The maximum absolute atomic E-state index is 12.1. The first kappa shape index (κ1) is 14.0. The number of esters is 1. The number of furan rings is 1. The van der Waals surface area contributed by atoms with E-state index in [4.69, 9.17) is 4.42 Å². The molecule has 108 valence electrons. The van der Waals surface area contributed by atoms with Gasteiger partial charge in [-0.25, -0.2) is 4.79 Å². The van der Waals surface area contributed by atoms with Crippen LogP contribution in [-0.2, 0) is 9.53 Å². The number of carbonyl (C=O) groups is 2. The Morgan fingerprint density at radius 3 is 2.80 bits per heavy atom. The van der Waals surface area contributed by atoms with Gasteiger partial charge in [0.25, 0.3) is 5.91 Å². The molecule has 0 radical (unpaired) electrons. The monoisotopic (exact) mass is 284 g/mol. The van der Waals surface area contributed by atoms with E-state index in [1.165, 1.54) is 7.11 Å². The fourth-order valence-corrected chi connectivity index (χ4v) is 2.08. The molecule has 0 aromatic carbocycles. The Labute approximate surface area is 112 Å². The molecule has 20 heavy (non-hydrogen) atoms. The lowest BCUT2D eigenvalue weighted by Gasteiger charge is -2.20. The Balaban J connectivity index is 2.21. The third-order valence-corrected chi connectivity index (χ3v) is 3.00. The van der Waals surface area contributed by atoms with Crippen LogP contribution in [0.5, 0.6) is 0 Å². The molecule has 1 aromatic heterocycles. The molecule has 2 rings (SSSR count). The van der Waals surface area contributed by atoms with Crippen LogP contribution in [0.4, 0.5) is 5.88 Å². The number of amides is 1. The molecule has 2 unspecified atom stereocenters. The van der Waals surface area contributed by atoms with Gasteiger partial charge in [0.05, 0.1) is 19.3 Å². The number of nitro groups is 1. The summed E-state index contributed by atoms with van der Waals surface area (Å²) in [4.78, 5) is 34.5. The van der Waals surface area contributed by atoms with E-state index in [0.717, 1.165) is 17.0 Å². The van der Waals surface area contributed by atoms with E-state index in [2.05, 4.69) is 4.74 Å². The molecule has 1 fully saturated rings. The molecule has 1 aliphatic heterocycles. The molecule has 9 heteroatoms. The van der Waals surface area contributed by atoms with Gasteiger partial charge in [-0.1, -0.05) is 0 Å². The highest BCUT2D eigenvalue weighted by atomic mass is 16.6. The van der Waals surface area contributed by atoms with Gasteiger partial charge < -0.3 is 19.2 Å². The third-order valence-electron chi connectivity index (χ3n) is 3.00. The molecular weight excluding hydrogens is 272 g/mol. The van der Waals surface area contributed by atoms with Gasteiger partial charge in [0.15, 0.2) is 5.76 Å². The minimum Gasteiger partial charge on any atom is -0.467 e. The number of β-amino-alcohol motifs (C(OH)–C–C–N with tert-alkyl or cyclic N) is 1. The molecule has 1 aliphatic rings. The first-order chi connectivity index (χ1) is 9.43. The lowest BCUT2D eigenvalue weighted by atomic mass is 10.2. The highest BCUT2D eigenvalue weighted by molar-refractivity contribution is 5.95. The second kappa shape index (κ2) is 5.29. The molecule has 1 N–H and O–H groups in total. The fourth-order valence-electron chi connectivity index (χ4n) is 2.08. The van der Waals surface area contributed by atoms with Crippen molar-refractivity contribution in [3.63, 3.8) is 0 Å². The van der Waals surface area contributed by atoms with Crippen LogP contribution >= 0.6 is 0 Å². The Morgan fingerprint density at radius 1 is 1.55 bits per heavy atom. The highest BCUT2D eigenvalue weighted by Crippen LogP contribution is 2.24. The van der Waals surface area contributed by atoms with Crippen molar-refractivity contribution in [1.29, 1.82) is 0 Å². The second-order valence-electron chi connectivity index (χ2n) is 4.28. The highest BCUT2D eigenvalue weighted by Gasteiger charge is 2.41. The van der Waals surface area contributed by atoms with Gasteiger partial charge >= 0.3 is 11.9 Å². The van der Waals surface area contributed by atoms with Crippen molar-refractivity contribution in [1.82, 2.24) is 4.90 Å². The van der Waals surface area contributed by atoms with E-state index in [1.54, 1.807) is 0 Å². The summed E-state index contributed by atoms with van der Waals surface area (Å²) in [6, 6.07) is 1.28. The zero-order chi connectivity index (χ0) is 14.9. The van der Waals surface area contributed by atoms with Crippen LogP contribution in [0.15, 0.2) is 16.5 Å². The first-order valence-electron chi connectivity index (χ1n) is 5.75. The van der Waals surface area contributed by atoms with E-state index >= 15 is 0 Å². The number of methoxy groups -OCH3 is 1. The smallest absolute Gasteiger partial charge is 0.433 e.